The lowest BCUT2D eigenvalue weighted by molar-refractivity contribution is 0.592. The van der Waals surface area contributed by atoms with E-state index >= 15 is 0 Å². The zero-order chi connectivity index (χ0) is 30.4. The van der Waals surface area contributed by atoms with Crippen molar-refractivity contribution in [3.05, 3.63) is 114 Å². The molecule has 0 N–H and O–H groups in total. The van der Waals surface area contributed by atoms with Gasteiger partial charge in [-0.3, -0.25) is 0 Å². The fourth-order valence-electron chi connectivity index (χ4n) is 5.94. The summed E-state index contributed by atoms with van der Waals surface area (Å²) in [7, 11) is -3.68. The van der Waals surface area contributed by atoms with Crippen LogP contribution in [-0.2, 0) is 22.9 Å². The highest BCUT2D eigenvalue weighted by molar-refractivity contribution is 7.90. The number of hydrogen-bond donors (Lipinski definition) is 0. The Labute approximate surface area is 255 Å². The van der Waals surface area contributed by atoms with Crippen LogP contribution < -0.4 is 0 Å². The molecule has 7 rings (SSSR count). The van der Waals surface area contributed by atoms with Gasteiger partial charge in [-0.2, -0.15) is 0 Å². The third kappa shape index (κ3) is 4.78. The summed E-state index contributed by atoms with van der Waals surface area (Å²) in [5.74, 6) is 12.5. The van der Waals surface area contributed by atoms with E-state index < -0.39 is 9.84 Å². The number of para-hydroxylation sites is 2. The Kier molecular flexibility index (Phi) is 6.69. The Bertz CT molecular complexity index is 2360. The molecule has 0 spiro atoms. The first-order valence-electron chi connectivity index (χ1n) is 14.5. The molecule has 0 bridgehead atoms. The molecule has 0 aliphatic rings. The van der Waals surface area contributed by atoms with Crippen LogP contribution in [0.15, 0.2) is 96.2 Å². The Hall–Kier alpha value is -5.37. The molecule has 0 aliphatic heterocycles. The lowest BCUT2D eigenvalue weighted by atomic mass is 10.1. The van der Waals surface area contributed by atoms with Crippen molar-refractivity contribution in [2.24, 2.45) is 0 Å². The fourth-order valence-corrected chi connectivity index (χ4v) is 6.46. The highest BCUT2D eigenvalue weighted by Gasteiger charge is 2.14. The molecule has 0 saturated heterocycles. The smallest absolute Gasteiger partial charge is 0.249 e. The molecule has 0 aliphatic carbocycles. The van der Waals surface area contributed by atoms with Gasteiger partial charge in [-0.25, -0.2) is 18.4 Å². The Balaban J connectivity index is 1.28. The average Bonchev–Trinajstić information content (AvgIpc) is 3.53. The van der Waals surface area contributed by atoms with Gasteiger partial charge in [0.05, 0.1) is 0 Å². The number of nitrogens with zero attached hydrogens (tertiary/aromatic N) is 4. The van der Waals surface area contributed by atoms with Gasteiger partial charge in [-0.05, 0) is 74.2 Å². The largest absolute Gasteiger partial charge is 0.341 e. The summed E-state index contributed by atoms with van der Waals surface area (Å²) in [5.41, 5.74) is 6.87. The minimum Gasteiger partial charge on any atom is -0.341 e. The standard InChI is InChI=1S/C37H28N4O2S/c1-4-40-33-12-8-6-10-29(33)31-22-25(16-20-35(31)40)14-18-27-24-28(39-37(38-27)44(3,42)43)19-15-26-17-21-36-32(23-26)30-11-7-9-13-34(30)41(36)5-2/h6-13,16-17,20-24H,4-5H2,1-3H3. The van der Waals surface area contributed by atoms with E-state index in [-0.39, 0.29) is 5.16 Å². The van der Waals surface area contributed by atoms with Gasteiger partial charge < -0.3 is 9.13 Å². The van der Waals surface area contributed by atoms with E-state index in [4.69, 9.17) is 0 Å². The van der Waals surface area contributed by atoms with Crippen molar-refractivity contribution in [1.29, 1.82) is 0 Å². The predicted molar refractivity (Wildman–Crippen MR) is 177 cm³/mol. The lowest BCUT2D eigenvalue weighted by Gasteiger charge is -2.02. The normalized spacial score (nSPS) is 11.5. The molecule has 7 heteroatoms. The Morgan fingerprint density at radius 2 is 1.00 bits per heavy atom. The maximum Gasteiger partial charge on any atom is 0.249 e. The monoisotopic (exact) mass is 592 g/mol. The second-order valence-corrected chi connectivity index (χ2v) is 12.6. The molecule has 4 aromatic carbocycles. The van der Waals surface area contributed by atoms with Crippen LogP contribution in [0, 0.1) is 23.7 Å². The summed E-state index contributed by atoms with van der Waals surface area (Å²) in [6.07, 6.45) is 1.09. The third-order valence-corrected chi connectivity index (χ3v) is 8.73. The number of sulfone groups is 1. The molecule has 0 unspecified atom stereocenters. The predicted octanol–water partition coefficient (Wildman–Crippen LogP) is 6.94. The van der Waals surface area contributed by atoms with E-state index in [2.05, 4.69) is 105 Å². The van der Waals surface area contributed by atoms with Gasteiger partial charge in [-0.15, -0.1) is 0 Å². The maximum atomic E-state index is 12.5. The van der Waals surface area contributed by atoms with Gasteiger partial charge in [0.15, 0.2) is 0 Å². The van der Waals surface area contributed by atoms with Crippen molar-refractivity contribution in [3.8, 4) is 23.7 Å². The second kappa shape index (κ2) is 10.7. The van der Waals surface area contributed by atoms with Crippen molar-refractivity contribution in [3.63, 3.8) is 0 Å². The van der Waals surface area contributed by atoms with E-state index in [9.17, 15) is 8.42 Å². The van der Waals surface area contributed by atoms with Crippen LogP contribution >= 0.6 is 0 Å². The first kappa shape index (κ1) is 27.5. The molecule has 0 amide bonds. The van der Waals surface area contributed by atoms with Gasteiger partial charge in [0, 0.05) is 80.2 Å². The fraction of sp³-hybridized carbons (Fsp3) is 0.135. The second-order valence-electron chi connectivity index (χ2n) is 10.7. The van der Waals surface area contributed by atoms with Gasteiger partial charge in [0.25, 0.3) is 0 Å². The molecule has 0 atom stereocenters. The first-order valence-corrected chi connectivity index (χ1v) is 16.4. The summed E-state index contributed by atoms with van der Waals surface area (Å²) in [6.45, 7) is 6.00. The maximum absolute atomic E-state index is 12.5. The number of hydrogen-bond acceptors (Lipinski definition) is 4. The molecule has 0 fully saturated rings. The van der Waals surface area contributed by atoms with Crippen LogP contribution in [0.2, 0.25) is 0 Å². The molecule has 6 nitrogen and oxygen atoms in total. The van der Waals surface area contributed by atoms with E-state index in [1.165, 1.54) is 21.8 Å². The molecular weight excluding hydrogens is 565 g/mol. The van der Waals surface area contributed by atoms with Crippen LogP contribution in [0.1, 0.15) is 36.4 Å². The zero-order valence-corrected chi connectivity index (χ0v) is 25.4. The highest BCUT2D eigenvalue weighted by Crippen LogP contribution is 2.30. The molecule has 3 heterocycles. The van der Waals surface area contributed by atoms with E-state index in [1.54, 1.807) is 6.07 Å². The van der Waals surface area contributed by atoms with E-state index in [1.807, 2.05) is 36.4 Å². The Morgan fingerprint density at radius 1 is 0.568 bits per heavy atom. The summed E-state index contributed by atoms with van der Waals surface area (Å²) < 4.78 is 29.5. The highest BCUT2D eigenvalue weighted by atomic mass is 32.2. The van der Waals surface area contributed by atoms with Crippen LogP contribution in [0.5, 0.6) is 0 Å². The molecule has 214 valence electrons. The number of fused-ring (bicyclic) bond motifs is 6. The molecule has 3 aromatic heterocycles. The lowest BCUT2D eigenvalue weighted by Crippen LogP contribution is -2.06. The van der Waals surface area contributed by atoms with Crippen molar-refractivity contribution < 1.29 is 8.42 Å². The summed E-state index contributed by atoms with van der Waals surface area (Å²) in [6, 6.07) is 30.6. The van der Waals surface area contributed by atoms with Gasteiger partial charge in [0.1, 0.15) is 11.4 Å². The number of rotatable bonds is 3. The van der Waals surface area contributed by atoms with E-state index in [0.29, 0.717) is 11.4 Å². The third-order valence-electron chi connectivity index (χ3n) is 7.88. The quantitative estimate of drug-likeness (QED) is 0.165. The molecular formula is C37H28N4O2S. The minimum atomic E-state index is -3.68. The van der Waals surface area contributed by atoms with Crippen molar-refractivity contribution in [2.45, 2.75) is 32.1 Å². The van der Waals surface area contributed by atoms with Crippen LogP contribution in [0.3, 0.4) is 0 Å². The average molecular weight is 593 g/mol. The molecule has 7 aromatic rings. The number of aromatic nitrogens is 4. The topological polar surface area (TPSA) is 69.8 Å². The van der Waals surface area contributed by atoms with Crippen molar-refractivity contribution in [2.75, 3.05) is 6.26 Å². The summed E-state index contributed by atoms with van der Waals surface area (Å²) >= 11 is 0. The number of aryl methyl sites for hydroxylation is 2. The molecule has 44 heavy (non-hydrogen) atoms. The van der Waals surface area contributed by atoms with Crippen molar-refractivity contribution in [1.82, 2.24) is 19.1 Å². The van der Waals surface area contributed by atoms with Crippen LogP contribution in [-0.4, -0.2) is 33.8 Å². The summed E-state index contributed by atoms with van der Waals surface area (Å²) in [5, 5.41) is 4.30. The number of benzene rings is 4. The van der Waals surface area contributed by atoms with Crippen LogP contribution in [0.25, 0.3) is 43.6 Å². The van der Waals surface area contributed by atoms with E-state index in [0.717, 1.165) is 52.3 Å². The minimum absolute atomic E-state index is 0.294. The Morgan fingerprint density at radius 3 is 1.43 bits per heavy atom. The zero-order valence-electron chi connectivity index (χ0n) is 24.6. The first-order chi connectivity index (χ1) is 21.3. The molecule has 0 saturated carbocycles. The SMILES string of the molecule is CCn1c2ccccc2c2cc(C#Cc3cc(C#Cc4ccc5c(c4)c4ccccc4n5CC)nc(S(C)(=O)=O)n3)ccc21. The summed E-state index contributed by atoms with van der Waals surface area (Å²) in [4.78, 5) is 8.49. The molecule has 0 radical (unpaired) electrons. The van der Waals surface area contributed by atoms with Gasteiger partial charge >= 0.3 is 0 Å². The van der Waals surface area contributed by atoms with Crippen molar-refractivity contribution >= 4 is 53.4 Å². The van der Waals surface area contributed by atoms with Crippen LogP contribution in [0.4, 0.5) is 0 Å². The van der Waals surface area contributed by atoms with Gasteiger partial charge in [-0.1, -0.05) is 48.2 Å². The van der Waals surface area contributed by atoms with Gasteiger partial charge in [0.2, 0.25) is 15.0 Å².